The van der Waals surface area contributed by atoms with Gasteiger partial charge in [0.2, 0.25) is 5.91 Å². The fourth-order valence-electron chi connectivity index (χ4n) is 4.41. The lowest BCUT2D eigenvalue weighted by atomic mass is 9.94. The van der Waals surface area contributed by atoms with E-state index in [9.17, 15) is 9.18 Å². The van der Waals surface area contributed by atoms with Gasteiger partial charge in [0.15, 0.2) is 0 Å². The average molecular weight is 448 g/mol. The summed E-state index contributed by atoms with van der Waals surface area (Å²) < 4.78 is 14.6. The molecular formula is C30H38FNO. The normalized spacial score (nSPS) is 16.4. The van der Waals surface area contributed by atoms with Gasteiger partial charge in [0.25, 0.3) is 0 Å². The molecule has 176 valence electrons. The Balaban J connectivity index is 2.19. The van der Waals surface area contributed by atoms with Crippen LogP contribution < -0.4 is 15.3 Å². The Labute approximate surface area is 198 Å². The van der Waals surface area contributed by atoms with Crippen LogP contribution in [0.3, 0.4) is 0 Å². The molecular weight excluding hydrogens is 409 g/mol. The Kier molecular flexibility index (Phi) is 7.62. The molecule has 3 heteroatoms. The molecule has 1 saturated carbocycles. The molecule has 2 nitrogen and oxygen atoms in total. The fourth-order valence-corrected chi connectivity index (χ4v) is 4.41. The van der Waals surface area contributed by atoms with E-state index in [0.717, 1.165) is 33.7 Å². The predicted molar refractivity (Wildman–Crippen MR) is 138 cm³/mol. The van der Waals surface area contributed by atoms with Gasteiger partial charge in [0.05, 0.1) is 6.54 Å². The molecule has 0 aromatic heterocycles. The lowest BCUT2D eigenvalue weighted by Gasteiger charge is -2.30. The van der Waals surface area contributed by atoms with Gasteiger partial charge in [0, 0.05) is 11.6 Å². The van der Waals surface area contributed by atoms with Gasteiger partial charge in [-0.05, 0) is 91.7 Å². The Hall–Kier alpha value is -2.68. The molecule has 0 N–H and O–H groups in total. The molecule has 0 spiro atoms. The number of aryl methyl sites for hydroxylation is 1. The number of carbonyl (C=O) groups excluding carboxylic acids is 1. The van der Waals surface area contributed by atoms with Crippen molar-refractivity contribution in [3.8, 4) is 0 Å². The lowest BCUT2D eigenvalue weighted by molar-refractivity contribution is -0.121. The predicted octanol–water partition coefficient (Wildman–Crippen LogP) is 6.20. The highest BCUT2D eigenvalue weighted by molar-refractivity contribution is 5.97. The molecule has 0 bridgehead atoms. The summed E-state index contributed by atoms with van der Waals surface area (Å²) in [5.41, 5.74) is 3.43. The standard InChI is InChI=1S/C30H38FNO/c1-8-20(3)29(33)32(28-17-16-24(18-22(28)5)30(6,7)31)19-27(25(9-2)23-14-15-23)26-13-11-10-12-21(26)4/h9-13,16-18,20,23H,4,8,14-15,19H2,1-3,5-7H3/b25-9-,27-26-/t20-/m0/s1. The quantitative estimate of drug-likeness (QED) is 0.472. The highest BCUT2D eigenvalue weighted by atomic mass is 19.1. The third kappa shape index (κ3) is 5.63. The summed E-state index contributed by atoms with van der Waals surface area (Å²) in [6.45, 7) is 16.0. The van der Waals surface area contributed by atoms with E-state index in [1.807, 2.05) is 62.1 Å². The molecule has 3 rings (SSSR count). The molecule has 0 saturated heterocycles. The number of nitrogens with zero attached hydrogens (tertiary/aromatic N) is 1. The minimum absolute atomic E-state index is 0.0955. The van der Waals surface area contributed by atoms with Gasteiger partial charge in [0.1, 0.15) is 5.67 Å². The zero-order valence-corrected chi connectivity index (χ0v) is 21.0. The van der Waals surface area contributed by atoms with Crippen LogP contribution in [0.5, 0.6) is 0 Å². The van der Waals surface area contributed by atoms with Crippen LogP contribution in [0.4, 0.5) is 10.1 Å². The molecule has 1 amide bonds. The monoisotopic (exact) mass is 447 g/mol. The second-order valence-corrected chi connectivity index (χ2v) is 9.86. The van der Waals surface area contributed by atoms with Crippen LogP contribution in [-0.2, 0) is 10.5 Å². The second kappa shape index (κ2) is 10.1. The lowest BCUT2D eigenvalue weighted by Crippen LogP contribution is -2.40. The molecule has 2 aromatic carbocycles. The first-order valence-corrected chi connectivity index (χ1v) is 12.1. The van der Waals surface area contributed by atoms with Crippen molar-refractivity contribution in [3.05, 3.63) is 75.7 Å². The number of amides is 1. The Morgan fingerprint density at radius 1 is 1.24 bits per heavy atom. The third-order valence-corrected chi connectivity index (χ3v) is 6.81. The van der Waals surface area contributed by atoms with Gasteiger partial charge in [-0.15, -0.1) is 0 Å². The zero-order valence-electron chi connectivity index (χ0n) is 21.0. The number of hydrogen-bond donors (Lipinski definition) is 0. The molecule has 0 radical (unpaired) electrons. The van der Waals surface area contributed by atoms with E-state index < -0.39 is 5.67 Å². The van der Waals surface area contributed by atoms with Crippen LogP contribution in [0.1, 0.15) is 65.0 Å². The van der Waals surface area contributed by atoms with Gasteiger partial charge in [-0.1, -0.05) is 62.9 Å². The van der Waals surface area contributed by atoms with Gasteiger partial charge in [-0.2, -0.15) is 0 Å². The molecule has 0 heterocycles. The summed E-state index contributed by atoms with van der Waals surface area (Å²) in [5, 5.41) is 2.06. The summed E-state index contributed by atoms with van der Waals surface area (Å²) in [7, 11) is 0. The first-order chi connectivity index (χ1) is 15.6. The van der Waals surface area contributed by atoms with Crippen molar-refractivity contribution in [3.63, 3.8) is 0 Å². The molecule has 1 aliphatic rings. The van der Waals surface area contributed by atoms with E-state index in [-0.39, 0.29) is 11.8 Å². The summed E-state index contributed by atoms with van der Waals surface area (Å²) in [6, 6.07) is 13.8. The van der Waals surface area contributed by atoms with Crippen molar-refractivity contribution in [1.29, 1.82) is 0 Å². The molecule has 0 aliphatic heterocycles. The summed E-state index contributed by atoms with van der Waals surface area (Å²) in [4.78, 5) is 15.6. The van der Waals surface area contributed by atoms with E-state index in [1.54, 1.807) is 13.8 Å². The molecule has 1 atom stereocenters. The van der Waals surface area contributed by atoms with Crippen LogP contribution in [0.15, 0.2) is 54.1 Å². The average Bonchev–Trinajstić information content (AvgIpc) is 3.61. The smallest absolute Gasteiger partial charge is 0.230 e. The minimum Gasteiger partial charge on any atom is -0.307 e. The minimum atomic E-state index is -1.43. The SMILES string of the molecule is C=c1cccc/c1=C(CN(C(=O)[C@@H](C)CC)c1ccc(C(C)(C)F)cc1C)/C(=C\C)C1CC1. The van der Waals surface area contributed by atoms with E-state index in [0.29, 0.717) is 18.0 Å². The Bertz CT molecular complexity index is 1150. The molecule has 2 aromatic rings. The van der Waals surface area contributed by atoms with Crippen molar-refractivity contribution < 1.29 is 9.18 Å². The van der Waals surface area contributed by atoms with Crippen molar-refractivity contribution in [1.82, 2.24) is 0 Å². The first-order valence-electron chi connectivity index (χ1n) is 12.1. The zero-order chi connectivity index (χ0) is 24.3. The second-order valence-electron chi connectivity index (χ2n) is 9.86. The number of anilines is 1. The Morgan fingerprint density at radius 2 is 1.91 bits per heavy atom. The van der Waals surface area contributed by atoms with E-state index >= 15 is 0 Å². The molecule has 33 heavy (non-hydrogen) atoms. The third-order valence-electron chi connectivity index (χ3n) is 6.81. The van der Waals surface area contributed by atoms with E-state index in [4.69, 9.17) is 0 Å². The van der Waals surface area contributed by atoms with Crippen LogP contribution in [-0.4, -0.2) is 12.5 Å². The number of hydrogen-bond acceptors (Lipinski definition) is 1. The maximum Gasteiger partial charge on any atom is 0.230 e. The van der Waals surface area contributed by atoms with Gasteiger partial charge >= 0.3 is 0 Å². The van der Waals surface area contributed by atoms with Crippen LogP contribution >= 0.6 is 0 Å². The number of allylic oxidation sites excluding steroid dienone is 1. The number of rotatable bonds is 8. The maximum absolute atomic E-state index is 14.6. The van der Waals surface area contributed by atoms with Crippen molar-refractivity contribution >= 4 is 23.7 Å². The van der Waals surface area contributed by atoms with Crippen LogP contribution in [0.2, 0.25) is 0 Å². The summed E-state index contributed by atoms with van der Waals surface area (Å²) in [6.07, 6.45) is 5.33. The van der Waals surface area contributed by atoms with Gasteiger partial charge in [-0.3, -0.25) is 4.79 Å². The largest absolute Gasteiger partial charge is 0.307 e. The first kappa shape index (κ1) is 25.0. The molecule has 1 fully saturated rings. The van der Waals surface area contributed by atoms with E-state index in [1.165, 1.54) is 18.4 Å². The van der Waals surface area contributed by atoms with Crippen molar-refractivity contribution in [2.45, 2.75) is 66.5 Å². The summed E-state index contributed by atoms with van der Waals surface area (Å²) in [5.74, 6) is 0.534. The topological polar surface area (TPSA) is 20.3 Å². The number of alkyl halides is 1. The van der Waals surface area contributed by atoms with E-state index in [2.05, 4.69) is 25.6 Å². The molecule has 0 unspecified atom stereocenters. The fraction of sp³-hybridized carbons (Fsp3) is 0.433. The van der Waals surface area contributed by atoms with Gasteiger partial charge < -0.3 is 4.90 Å². The van der Waals surface area contributed by atoms with Crippen molar-refractivity contribution in [2.75, 3.05) is 11.4 Å². The highest BCUT2D eigenvalue weighted by Gasteiger charge is 2.31. The number of carbonyl (C=O) groups is 1. The number of benzene rings is 2. The summed E-state index contributed by atoms with van der Waals surface area (Å²) >= 11 is 0. The maximum atomic E-state index is 14.6. The highest BCUT2D eigenvalue weighted by Crippen LogP contribution is 2.41. The van der Waals surface area contributed by atoms with Crippen LogP contribution in [0, 0.1) is 18.8 Å². The molecule has 1 aliphatic carbocycles. The number of halogens is 1. The van der Waals surface area contributed by atoms with Crippen LogP contribution in [0.25, 0.3) is 12.2 Å². The Morgan fingerprint density at radius 3 is 2.42 bits per heavy atom. The van der Waals surface area contributed by atoms with Crippen molar-refractivity contribution in [2.24, 2.45) is 11.8 Å². The van der Waals surface area contributed by atoms with Gasteiger partial charge in [-0.25, -0.2) is 4.39 Å².